The molecule has 0 unspecified atom stereocenters. The maximum atomic E-state index is 12.8. The standard InChI is InChI=1S/C17H28O5/c1-10(2)8-9-17(21)12(19)15(4,5)14(22-11(3)18)16(6,7)13(17)20/h10,14,21H,8-9H2,1-7H3. The fourth-order valence-corrected chi connectivity index (χ4v) is 3.49. The number of hydrogen-bond donors (Lipinski definition) is 1. The van der Waals surface area contributed by atoms with Crippen LogP contribution in [0.3, 0.4) is 0 Å². The summed E-state index contributed by atoms with van der Waals surface area (Å²) in [6.07, 6.45) is -0.225. The van der Waals surface area contributed by atoms with Crippen LogP contribution in [0.25, 0.3) is 0 Å². The monoisotopic (exact) mass is 312 g/mol. The van der Waals surface area contributed by atoms with Gasteiger partial charge < -0.3 is 9.84 Å². The molecule has 1 aliphatic rings. The summed E-state index contributed by atoms with van der Waals surface area (Å²) in [5.74, 6) is -1.39. The predicted octanol–water partition coefficient (Wildman–Crippen LogP) is 2.29. The summed E-state index contributed by atoms with van der Waals surface area (Å²) in [7, 11) is 0. The molecule has 0 aromatic heterocycles. The number of carbonyl (C=O) groups is 3. The van der Waals surface area contributed by atoms with Crippen molar-refractivity contribution < 1.29 is 24.2 Å². The zero-order chi connectivity index (χ0) is 17.5. The SMILES string of the molecule is CC(=O)OC1C(C)(C)C(=O)C(O)(CCC(C)C)C(=O)C1(C)C. The lowest BCUT2D eigenvalue weighted by molar-refractivity contribution is -0.196. The van der Waals surface area contributed by atoms with Crippen molar-refractivity contribution >= 4 is 17.5 Å². The van der Waals surface area contributed by atoms with Crippen molar-refractivity contribution in [2.45, 2.75) is 73.0 Å². The van der Waals surface area contributed by atoms with E-state index in [1.54, 1.807) is 27.7 Å². The van der Waals surface area contributed by atoms with Gasteiger partial charge in [-0.2, -0.15) is 0 Å². The Bertz CT molecular complexity index is 459. The van der Waals surface area contributed by atoms with E-state index in [9.17, 15) is 19.5 Å². The molecule has 1 saturated carbocycles. The Morgan fingerprint density at radius 2 is 1.55 bits per heavy atom. The van der Waals surface area contributed by atoms with Crippen molar-refractivity contribution in [1.29, 1.82) is 0 Å². The highest BCUT2D eigenvalue weighted by molar-refractivity contribution is 6.17. The lowest BCUT2D eigenvalue weighted by Gasteiger charge is -2.51. The third-order valence-corrected chi connectivity index (χ3v) is 4.60. The summed E-state index contributed by atoms with van der Waals surface area (Å²) >= 11 is 0. The van der Waals surface area contributed by atoms with Crippen LogP contribution in [-0.2, 0) is 19.1 Å². The molecule has 0 radical (unpaired) electrons. The molecule has 0 aromatic carbocycles. The van der Waals surface area contributed by atoms with E-state index in [0.29, 0.717) is 6.42 Å². The number of rotatable bonds is 4. The van der Waals surface area contributed by atoms with E-state index in [1.807, 2.05) is 13.8 Å². The first kappa shape index (κ1) is 18.8. The molecule has 0 aromatic rings. The van der Waals surface area contributed by atoms with Crippen molar-refractivity contribution in [3.8, 4) is 0 Å². The molecule has 22 heavy (non-hydrogen) atoms. The van der Waals surface area contributed by atoms with Gasteiger partial charge in [0.2, 0.25) is 0 Å². The summed E-state index contributed by atoms with van der Waals surface area (Å²) in [5, 5.41) is 10.8. The normalized spacial score (nSPS) is 30.5. The fraction of sp³-hybridized carbons (Fsp3) is 0.824. The number of ketones is 2. The Kier molecular flexibility index (Phi) is 4.93. The molecule has 1 rings (SSSR count). The summed E-state index contributed by atoms with van der Waals surface area (Å²) in [6.45, 7) is 11.7. The summed E-state index contributed by atoms with van der Waals surface area (Å²) in [6, 6.07) is 0. The molecular weight excluding hydrogens is 284 g/mol. The summed E-state index contributed by atoms with van der Waals surface area (Å²) in [4.78, 5) is 37.0. The van der Waals surface area contributed by atoms with Crippen LogP contribution in [0.4, 0.5) is 0 Å². The molecule has 5 nitrogen and oxygen atoms in total. The van der Waals surface area contributed by atoms with Gasteiger partial charge in [0.25, 0.3) is 0 Å². The third kappa shape index (κ3) is 2.96. The van der Waals surface area contributed by atoms with Gasteiger partial charge in [0.05, 0.1) is 10.8 Å². The van der Waals surface area contributed by atoms with E-state index in [1.165, 1.54) is 6.92 Å². The molecular formula is C17H28O5. The second kappa shape index (κ2) is 5.76. The first-order chi connectivity index (χ1) is 9.77. The van der Waals surface area contributed by atoms with Crippen LogP contribution in [0.1, 0.15) is 61.3 Å². The zero-order valence-corrected chi connectivity index (χ0v) is 14.6. The van der Waals surface area contributed by atoms with Crippen LogP contribution < -0.4 is 0 Å². The Morgan fingerprint density at radius 1 is 1.14 bits per heavy atom. The van der Waals surface area contributed by atoms with Gasteiger partial charge in [-0.1, -0.05) is 13.8 Å². The van der Waals surface area contributed by atoms with Crippen molar-refractivity contribution in [1.82, 2.24) is 0 Å². The predicted molar refractivity (Wildman–Crippen MR) is 82.2 cm³/mol. The van der Waals surface area contributed by atoms with E-state index in [0.717, 1.165) is 0 Å². The molecule has 1 aliphatic carbocycles. The summed E-state index contributed by atoms with van der Waals surface area (Å²) < 4.78 is 5.29. The maximum absolute atomic E-state index is 12.8. The molecule has 0 heterocycles. The third-order valence-electron chi connectivity index (χ3n) is 4.60. The fourth-order valence-electron chi connectivity index (χ4n) is 3.49. The summed E-state index contributed by atoms with van der Waals surface area (Å²) in [5.41, 5.74) is -4.27. The smallest absolute Gasteiger partial charge is 0.302 e. The van der Waals surface area contributed by atoms with Crippen molar-refractivity contribution in [3.63, 3.8) is 0 Å². The Balaban J connectivity index is 3.32. The van der Waals surface area contributed by atoms with E-state index in [2.05, 4.69) is 0 Å². The van der Waals surface area contributed by atoms with Crippen LogP contribution in [-0.4, -0.2) is 34.3 Å². The Labute approximate surface area is 132 Å². The number of ether oxygens (including phenoxy) is 1. The largest absolute Gasteiger partial charge is 0.460 e. The molecule has 126 valence electrons. The van der Waals surface area contributed by atoms with Gasteiger partial charge in [0.1, 0.15) is 6.10 Å². The van der Waals surface area contributed by atoms with E-state index >= 15 is 0 Å². The second-order valence-electron chi connectivity index (χ2n) is 7.88. The molecule has 0 atom stereocenters. The van der Waals surface area contributed by atoms with Gasteiger partial charge in [0, 0.05) is 6.92 Å². The first-order valence-corrected chi connectivity index (χ1v) is 7.77. The van der Waals surface area contributed by atoms with Crippen molar-refractivity contribution in [3.05, 3.63) is 0 Å². The molecule has 0 amide bonds. The lowest BCUT2D eigenvalue weighted by Crippen LogP contribution is -2.69. The molecule has 0 aliphatic heterocycles. The molecule has 1 N–H and O–H groups in total. The second-order valence-corrected chi connectivity index (χ2v) is 7.88. The number of esters is 1. The van der Waals surface area contributed by atoms with Crippen molar-refractivity contribution in [2.75, 3.05) is 0 Å². The zero-order valence-electron chi connectivity index (χ0n) is 14.6. The van der Waals surface area contributed by atoms with Gasteiger partial charge in [0.15, 0.2) is 17.2 Å². The number of hydrogen-bond acceptors (Lipinski definition) is 5. The highest BCUT2D eigenvalue weighted by Gasteiger charge is 2.66. The van der Waals surface area contributed by atoms with Crippen LogP contribution in [0.2, 0.25) is 0 Å². The van der Waals surface area contributed by atoms with Crippen LogP contribution in [0.15, 0.2) is 0 Å². The van der Waals surface area contributed by atoms with Gasteiger partial charge in [-0.05, 0) is 46.5 Å². The lowest BCUT2D eigenvalue weighted by atomic mass is 9.55. The van der Waals surface area contributed by atoms with E-state index in [-0.39, 0.29) is 12.3 Å². The molecule has 1 fully saturated rings. The van der Waals surface area contributed by atoms with Gasteiger partial charge in [-0.25, -0.2) is 0 Å². The Hall–Kier alpha value is -1.23. The first-order valence-electron chi connectivity index (χ1n) is 7.77. The van der Waals surface area contributed by atoms with Crippen LogP contribution in [0, 0.1) is 16.7 Å². The molecule has 0 saturated heterocycles. The minimum absolute atomic E-state index is 0.0992. The minimum Gasteiger partial charge on any atom is -0.460 e. The molecule has 0 bridgehead atoms. The van der Waals surface area contributed by atoms with E-state index in [4.69, 9.17) is 4.74 Å². The maximum Gasteiger partial charge on any atom is 0.302 e. The number of carbonyl (C=O) groups excluding carboxylic acids is 3. The molecule has 0 spiro atoms. The average molecular weight is 312 g/mol. The minimum atomic E-state index is -2.01. The quantitative estimate of drug-likeness (QED) is 0.636. The van der Waals surface area contributed by atoms with Crippen molar-refractivity contribution in [2.24, 2.45) is 16.7 Å². The average Bonchev–Trinajstić information content (AvgIpc) is 2.38. The number of aliphatic hydroxyl groups is 1. The topological polar surface area (TPSA) is 80.7 Å². The number of Topliss-reactive ketones (excluding diaryl/α,β-unsaturated/α-hetero) is 2. The van der Waals surface area contributed by atoms with Gasteiger partial charge in [-0.15, -0.1) is 0 Å². The van der Waals surface area contributed by atoms with Gasteiger partial charge >= 0.3 is 5.97 Å². The highest BCUT2D eigenvalue weighted by Crippen LogP contribution is 2.49. The van der Waals surface area contributed by atoms with E-state index < -0.39 is 40.1 Å². The molecule has 5 heteroatoms. The van der Waals surface area contributed by atoms with Crippen LogP contribution >= 0.6 is 0 Å². The van der Waals surface area contributed by atoms with Gasteiger partial charge in [-0.3, -0.25) is 14.4 Å². The highest BCUT2D eigenvalue weighted by atomic mass is 16.5. The van der Waals surface area contributed by atoms with Crippen LogP contribution in [0.5, 0.6) is 0 Å². The Morgan fingerprint density at radius 3 is 1.86 bits per heavy atom.